The number of ketones is 2. The van der Waals surface area contributed by atoms with E-state index in [1.54, 1.807) is 12.1 Å². The number of rotatable bonds is 4. The number of hydrogen-bond donors (Lipinski definition) is 0. The number of thiazole rings is 1. The number of hydrogen-bond acceptors (Lipinski definition) is 7. The van der Waals surface area contributed by atoms with Crippen LogP contribution in [-0.2, 0) is 19.4 Å². The molecule has 1 heterocycles. The molecule has 2 aromatic carbocycles. The molecule has 0 bridgehead atoms. The lowest BCUT2D eigenvalue weighted by atomic mass is 10.2. The second kappa shape index (κ2) is 7.12. The molecule has 1 aliphatic carbocycles. The highest BCUT2D eigenvalue weighted by Gasteiger charge is 2.33. The molecule has 0 N–H and O–H groups in total. The van der Waals surface area contributed by atoms with Crippen molar-refractivity contribution in [2.75, 3.05) is 0 Å². The third kappa shape index (κ3) is 3.46. The number of carbonyl (C=O) groups is 2. The van der Waals surface area contributed by atoms with Gasteiger partial charge in [-0.25, -0.2) is 13.4 Å². The molecule has 0 fully saturated rings. The van der Waals surface area contributed by atoms with E-state index in [4.69, 9.17) is 0 Å². The fraction of sp³-hybridized carbons (Fsp3) is 0.0500. The number of sulfone groups is 1. The highest BCUT2D eigenvalue weighted by molar-refractivity contribution is 8.06. The predicted molar refractivity (Wildman–Crippen MR) is 110 cm³/mol. The highest BCUT2D eigenvalue weighted by Crippen LogP contribution is 2.37. The van der Waals surface area contributed by atoms with Crippen molar-refractivity contribution in [2.24, 2.45) is 0 Å². The molecule has 0 saturated heterocycles. The molecule has 28 heavy (non-hydrogen) atoms. The van der Waals surface area contributed by atoms with Gasteiger partial charge in [-0.05, 0) is 31.2 Å². The lowest BCUT2D eigenvalue weighted by molar-refractivity contribution is -0.114. The molecule has 3 aromatic rings. The van der Waals surface area contributed by atoms with Gasteiger partial charge in [0.2, 0.25) is 15.6 Å². The van der Waals surface area contributed by atoms with E-state index in [0.29, 0.717) is 4.34 Å². The SMILES string of the molecule is Cc1ccc(S(=O)(=O)C2=CC(=O)C=C(Sc3nc4ccccc4s3)C2=O)cc1. The van der Waals surface area contributed by atoms with Crippen LogP contribution in [0, 0.1) is 6.92 Å². The number of thioether (sulfide) groups is 1. The molecule has 0 saturated carbocycles. The molecular weight excluding hydrogens is 414 g/mol. The Balaban J connectivity index is 1.67. The number of fused-ring (bicyclic) bond motifs is 1. The van der Waals surface area contributed by atoms with Gasteiger partial charge in [-0.1, -0.05) is 41.6 Å². The lowest BCUT2D eigenvalue weighted by Crippen LogP contribution is -2.20. The second-order valence-corrected chi connectivity index (χ2v) is 10.4. The Kier molecular flexibility index (Phi) is 4.78. The van der Waals surface area contributed by atoms with E-state index in [9.17, 15) is 18.0 Å². The van der Waals surface area contributed by atoms with E-state index >= 15 is 0 Å². The van der Waals surface area contributed by atoms with E-state index in [1.807, 2.05) is 31.2 Å². The maximum Gasteiger partial charge on any atom is 0.211 e. The predicted octanol–water partition coefficient (Wildman–Crippen LogP) is 4.09. The third-order valence-corrected chi connectivity index (χ3v) is 7.98. The van der Waals surface area contributed by atoms with Crippen molar-refractivity contribution >= 4 is 54.7 Å². The summed E-state index contributed by atoms with van der Waals surface area (Å²) in [6, 6.07) is 13.7. The van der Waals surface area contributed by atoms with Crippen molar-refractivity contribution in [1.29, 1.82) is 0 Å². The number of carbonyl (C=O) groups excluding carboxylic acids is 2. The minimum atomic E-state index is -4.09. The fourth-order valence-electron chi connectivity index (χ4n) is 2.66. The van der Waals surface area contributed by atoms with E-state index in [0.717, 1.165) is 39.7 Å². The van der Waals surface area contributed by atoms with Crippen LogP contribution in [-0.4, -0.2) is 25.0 Å². The van der Waals surface area contributed by atoms with Crippen LogP contribution in [0.2, 0.25) is 0 Å². The lowest BCUT2D eigenvalue weighted by Gasteiger charge is -2.13. The summed E-state index contributed by atoms with van der Waals surface area (Å²) in [5.74, 6) is -1.22. The average molecular weight is 428 g/mol. The monoisotopic (exact) mass is 427 g/mol. The second-order valence-electron chi connectivity index (χ2n) is 6.11. The summed E-state index contributed by atoms with van der Waals surface area (Å²) in [5.41, 5.74) is 1.68. The van der Waals surface area contributed by atoms with E-state index in [2.05, 4.69) is 4.98 Å². The van der Waals surface area contributed by atoms with Gasteiger partial charge in [0, 0.05) is 12.2 Å². The summed E-state index contributed by atoms with van der Waals surface area (Å²) in [6.07, 6.45) is 2.05. The first-order valence-corrected chi connectivity index (χ1v) is 11.3. The minimum Gasteiger partial charge on any atom is -0.290 e. The Morgan fingerprint density at radius 3 is 2.39 bits per heavy atom. The van der Waals surface area contributed by atoms with Gasteiger partial charge in [0.05, 0.1) is 20.0 Å². The first kappa shape index (κ1) is 18.8. The van der Waals surface area contributed by atoms with E-state index < -0.39 is 26.3 Å². The maximum absolute atomic E-state index is 12.9. The van der Waals surface area contributed by atoms with Crippen molar-refractivity contribution < 1.29 is 18.0 Å². The Morgan fingerprint density at radius 2 is 1.68 bits per heavy atom. The number of nitrogens with zero attached hydrogens (tertiary/aromatic N) is 1. The van der Waals surface area contributed by atoms with Crippen LogP contribution in [0.15, 0.2) is 79.7 Å². The van der Waals surface area contributed by atoms with Crippen LogP contribution >= 0.6 is 23.1 Å². The number of allylic oxidation sites excluding steroid dienone is 4. The summed E-state index contributed by atoms with van der Waals surface area (Å²) < 4.78 is 27.3. The third-order valence-electron chi connectivity index (χ3n) is 4.09. The van der Waals surface area contributed by atoms with Gasteiger partial charge in [-0.2, -0.15) is 0 Å². The van der Waals surface area contributed by atoms with E-state index in [1.165, 1.54) is 23.5 Å². The number of para-hydroxylation sites is 1. The summed E-state index contributed by atoms with van der Waals surface area (Å²) >= 11 is 2.39. The Hall–Kier alpha value is -2.55. The number of benzene rings is 2. The number of aryl methyl sites for hydroxylation is 1. The molecule has 0 radical (unpaired) electrons. The fourth-order valence-corrected chi connectivity index (χ4v) is 6.21. The van der Waals surface area contributed by atoms with Gasteiger partial charge in [0.15, 0.2) is 10.1 Å². The zero-order valence-corrected chi connectivity index (χ0v) is 17.0. The Labute approximate surface area is 169 Å². The van der Waals surface area contributed by atoms with Gasteiger partial charge >= 0.3 is 0 Å². The van der Waals surface area contributed by atoms with Crippen molar-refractivity contribution in [3.63, 3.8) is 0 Å². The van der Waals surface area contributed by atoms with Crippen LogP contribution in [0.4, 0.5) is 0 Å². The van der Waals surface area contributed by atoms with Crippen molar-refractivity contribution in [1.82, 2.24) is 4.98 Å². The van der Waals surface area contributed by atoms with Gasteiger partial charge in [-0.15, -0.1) is 11.3 Å². The molecule has 0 aliphatic heterocycles. The summed E-state index contributed by atoms with van der Waals surface area (Å²) in [4.78, 5) is 28.9. The van der Waals surface area contributed by atoms with Crippen LogP contribution in [0.3, 0.4) is 0 Å². The van der Waals surface area contributed by atoms with Crippen LogP contribution in [0.5, 0.6) is 0 Å². The van der Waals surface area contributed by atoms with Crippen LogP contribution < -0.4 is 0 Å². The molecule has 0 unspecified atom stereocenters. The molecule has 1 aromatic heterocycles. The van der Waals surface area contributed by atoms with Crippen molar-refractivity contribution in [2.45, 2.75) is 16.2 Å². The molecular formula is C20H13NO4S3. The number of Topliss-reactive ketones (excluding diaryl/α,β-unsaturated/α-hetero) is 1. The molecule has 140 valence electrons. The molecule has 5 nitrogen and oxygen atoms in total. The highest BCUT2D eigenvalue weighted by atomic mass is 32.2. The standard InChI is InChI=1S/C20H13NO4S3/c1-12-6-8-14(9-7-12)28(24,25)18-11-13(22)10-17(19(18)23)27-20-21-15-4-2-3-5-16(15)26-20/h2-11H,1H3. The van der Waals surface area contributed by atoms with Crippen molar-refractivity contribution in [3.05, 3.63) is 76.1 Å². The van der Waals surface area contributed by atoms with Gasteiger partial charge in [-0.3, -0.25) is 9.59 Å². The first-order valence-electron chi connectivity index (χ1n) is 8.22. The molecule has 1 aliphatic rings. The molecule has 0 spiro atoms. The average Bonchev–Trinajstić information content (AvgIpc) is 3.07. The smallest absolute Gasteiger partial charge is 0.211 e. The molecule has 4 rings (SSSR count). The largest absolute Gasteiger partial charge is 0.290 e. The van der Waals surface area contributed by atoms with Gasteiger partial charge < -0.3 is 0 Å². The molecule has 0 amide bonds. The first-order chi connectivity index (χ1) is 13.3. The summed E-state index contributed by atoms with van der Waals surface area (Å²) in [5, 5.41) is 0. The van der Waals surface area contributed by atoms with Crippen LogP contribution in [0.1, 0.15) is 5.56 Å². The Morgan fingerprint density at radius 1 is 0.964 bits per heavy atom. The topological polar surface area (TPSA) is 81.2 Å². The van der Waals surface area contributed by atoms with E-state index in [-0.39, 0.29) is 9.80 Å². The summed E-state index contributed by atoms with van der Waals surface area (Å²) in [6.45, 7) is 1.83. The summed E-state index contributed by atoms with van der Waals surface area (Å²) in [7, 11) is -4.09. The van der Waals surface area contributed by atoms with Crippen molar-refractivity contribution in [3.8, 4) is 0 Å². The van der Waals surface area contributed by atoms with Crippen LogP contribution in [0.25, 0.3) is 10.2 Å². The van der Waals surface area contributed by atoms with Gasteiger partial charge in [0.25, 0.3) is 0 Å². The quantitative estimate of drug-likeness (QED) is 0.584. The van der Waals surface area contributed by atoms with Gasteiger partial charge in [0.1, 0.15) is 4.91 Å². The zero-order valence-electron chi connectivity index (χ0n) is 14.6. The maximum atomic E-state index is 12.9. The molecule has 8 heteroatoms. The normalized spacial score (nSPS) is 14.9. The minimum absolute atomic E-state index is 0.0169. The molecule has 0 atom stereocenters. The Bertz CT molecular complexity index is 1250. The zero-order chi connectivity index (χ0) is 19.9. The number of aromatic nitrogens is 1.